The molecule has 0 fully saturated rings. The van der Waals surface area contributed by atoms with E-state index in [9.17, 15) is 0 Å². The fourth-order valence-corrected chi connectivity index (χ4v) is 2.16. The van der Waals surface area contributed by atoms with E-state index in [0.717, 1.165) is 6.42 Å². The Labute approximate surface area is 110 Å². The van der Waals surface area contributed by atoms with Crippen molar-refractivity contribution in [2.24, 2.45) is 5.73 Å². The minimum atomic E-state index is -0.236. The molecule has 2 aromatic carbocycles. The van der Waals surface area contributed by atoms with Gasteiger partial charge in [-0.3, -0.25) is 0 Å². The first-order valence-electron chi connectivity index (χ1n) is 6.50. The second-order valence-electron chi connectivity index (χ2n) is 5.17. The highest BCUT2D eigenvalue weighted by Crippen LogP contribution is 2.28. The molecular formula is C17H21N. The fraction of sp³-hybridized carbons (Fsp3) is 0.294. The Hall–Kier alpha value is -1.60. The molecule has 0 aliphatic heterocycles. The van der Waals surface area contributed by atoms with Gasteiger partial charge < -0.3 is 5.73 Å². The zero-order valence-corrected chi connectivity index (χ0v) is 11.4. The topological polar surface area (TPSA) is 26.0 Å². The second-order valence-corrected chi connectivity index (χ2v) is 5.17. The summed E-state index contributed by atoms with van der Waals surface area (Å²) in [7, 11) is 0. The van der Waals surface area contributed by atoms with Gasteiger partial charge in [0, 0.05) is 5.54 Å². The van der Waals surface area contributed by atoms with Gasteiger partial charge in [0.1, 0.15) is 0 Å². The molecule has 0 saturated heterocycles. The highest BCUT2D eigenvalue weighted by molar-refractivity contribution is 5.67. The smallest absolute Gasteiger partial charge is 0.0378 e. The van der Waals surface area contributed by atoms with Crippen molar-refractivity contribution in [3.63, 3.8) is 0 Å². The lowest BCUT2D eigenvalue weighted by Gasteiger charge is -2.24. The third-order valence-corrected chi connectivity index (χ3v) is 3.71. The first-order valence-corrected chi connectivity index (χ1v) is 6.50. The van der Waals surface area contributed by atoms with Crippen LogP contribution in [0.15, 0.2) is 48.5 Å². The largest absolute Gasteiger partial charge is 0.322 e. The summed E-state index contributed by atoms with van der Waals surface area (Å²) in [5, 5.41) is 0. The van der Waals surface area contributed by atoms with Gasteiger partial charge in [0.15, 0.2) is 0 Å². The van der Waals surface area contributed by atoms with E-state index in [4.69, 9.17) is 5.73 Å². The van der Waals surface area contributed by atoms with Crippen LogP contribution in [0.25, 0.3) is 11.1 Å². The first kappa shape index (κ1) is 12.8. The van der Waals surface area contributed by atoms with Gasteiger partial charge in [-0.05, 0) is 42.5 Å². The fourth-order valence-electron chi connectivity index (χ4n) is 2.16. The standard InChI is InChI=1S/C17H21N/c1-4-17(3,18)15-10-11-16(13(2)12-15)14-8-6-5-7-9-14/h5-12H,4,18H2,1-3H3. The summed E-state index contributed by atoms with van der Waals surface area (Å²) in [4.78, 5) is 0. The Morgan fingerprint density at radius 3 is 2.28 bits per heavy atom. The second kappa shape index (κ2) is 4.95. The third kappa shape index (κ3) is 2.46. The maximum Gasteiger partial charge on any atom is 0.0378 e. The van der Waals surface area contributed by atoms with Gasteiger partial charge in [-0.2, -0.15) is 0 Å². The number of nitrogens with two attached hydrogens (primary N) is 1. The molecule has 1 atom stereocenters. The van der Waals surface area contributed by atoms with Crippen LogP contribution in [0.4, 0.5) is 0 Å². The Balaban J connectivity index is 2.44. The number of hydrogen-bond acceptors (Lipinski definition) is 1. The third-order valence-electron chi connectivity index (χ3n) is 3.71. The van der Waals surface area contributed by atoms with Crippen LogP contribution in [0.2, 0.25) is 0 Å². The minimum Gasteiger partial charge on any atom is -0.322 e. The van der Waals surface area contributed by atoms with Crippen LogP contribution in [0, 0.1) is 6.92 Å². The van der Waals surface area contributed by atoms with E-state index >= 15 is 0 Å². The normalized spacial score (nSPS) is 14.2. The lowest BCUT2D eigenvalue weighted by Crippen LogP contribution is -2.31. The van der Waals surface area contributed by atoms with Crippen molar-refractivity contribution in [1.82, 2.24) is 0 Å². The van der Waals surface area contributed by atoms with Crippen molar-refractivity contribution in [2.75, 3.05) is 0 Å². The molecule has 0 aliphatic rings. The molecule has 2 aromatic rings. The number of aryl methyl sites for hydroxylation is 1. The molecule has 0 heterocycles. The summed E-state index contributed by atoms with van der Waals surface area (Å²) in [5.74, 6) is 0. The van der Waals surface area contributed by atoms with Crippen LogP contribution < -0.4 is 5.73 Å². The van der Waals surface area contributed by atoms with Crippen LogP contribution in [0.5, 0.6) is 0 Å². The van der Waals surface area contributed by atoms with Crippen LogP contribution in [0.1, 0.15) is 31.4 Å². The summed E-state index contributed by atoms with van der Waals surface area (Å²) < 4.78 is 0. The molecule has 1 nitrogen and oxygen atoms in total. The summed E-state index contributed by atoms with van der Waals surface area (Å²) in [6.07, 6.45) is 0.942. The van der Waals surface area contributed by atoms with Crippen LogP contribution in [0.3, 0.4) is 0 Å². The van der Waals surface area contributed by atoms with E-state index < -0.39 is 0 Å². The van der Waals surface area contributed by atoms with Crippen LogP contribution in [-0.2, 0) is 5.54 Å². The lowest BCUT2D eigenvalue weighted by molar-refractivity contribution is 0.476. The quantitative estimate of drug-likeness (QED) is 0.851. The molecule has 1 heteroatoms. The minimum absolute atomic E-state index is 0.236. The maximum atomic E-state index is 6.29. The molecule has 0 amide bonds. The predicted octanol–water partition coefficient (Wildman–Crippen LogP) is 4.25. The molecule has 0 saturated carbocycles. The maximum absolute atomic E-state index is 6.29. The molecule has 94 valence electrons. The number of benzene rings is 2. The summed E-state index contributed by atoms with van der Waals surface area (Å²) >= 11 is 0. The van der Waals surface area contributed by atoms with E-state index in [-0.39, 0.29) is 5.54 Å². The average molecular weight is 239 g/mol. The van der Waals surface area contributed by atoms with Gasteiger partial charge in [0.25, 0.3) is 0 Å². The number of hydrogen-bond donors (Lipinski definition) is 1. The molecule has 0 radical (unpaired) electrons. The van der Waals surface area contributed by atoms with E-state index in [1.165, 1.54) is 22.3 Å². The SMILES string of the molecule is CCC(C)(N)c1ccc(-c2ccccc2)c(C)c1. The molecule has 1 unspecified atom stereocenters. The summed E-state index contributed by atoms with van der Waals surface area (Å²) in [6, 6.07) is 17.0. The zero-order valence-electron chi connectivity index (χ0n) is 11.4. The van der Waals surface area contributed by atoms with Crippen molar-refractivity contribution in [2.45, 2.75) is 32.7 Å². The summed E-state index contributed by atoms with van der Waals surface area (Å²) in [5.41, 5.74) is 11.1. The van der Waals surface area contributed by atoms with Gasteiger partial charge in [0.05, 0.1) is 0 Å². The Kier molecular flexibility index (Phi) is 3.53. The molecule has 0 bridgehead atoms. The monoisotopic (exact) mass is 239 g/mol. The van der Waals surface area contributed by atoms with E-state index in [0.29, 0.717) is 0 Å². The van der Waals surface area contributed by atoms with Crippen LogP contribution in [-0.4, -0.2) is 0 Å². The van der Waals surface area contributed by atoms with Gasteiger partial charge in [-0.1, -0.05) is 55.5 Å². The summed E-state index contributed by atoms with van der Waals surface area (Å²) in [6.45, 7) is 6.36. The lowest BCUT2D eigenvalue weighted by atomic mass is 9.87. The molecule has 0 aliphatic carbocycles. The van der Waals surface area contributed by atoms with Crippen LogP contribution >= 0.6 is 0 Å². The predicted molar refractivity (Wildman–Crippen MR) is 78.4 cm³/mol. The van der Waals surface area contributed by atoms with Crippen molar-refractivity contribution < 1.29 is 0 Å². The van der Waals surface area contributed by atoms with Crippen molar-refractivity contribution >= 4 is 0 Å². The molecule has 0 spiro atoms. The van der Waals surface area contributed by atoms with Crippen molar-refractivity contribution in [3.8, 4) is 11.1 Å². The van der Waals surface area contributed by atoms with Gasteiger partial charge in [0.2, 0.25) is 0 Å². The zero-order chi connectivity index (χ0) is 13.2. The first-order chi connectivity index (χ1) is 8.54. The van der Waals surface area contributed by atoms with E-state index in [1.54, 1.807) is 0 Å². The van der Waals surface area contributed by atoms with Crippen molar-refractivity contribution in [1.29, 1.82) is 0 Å². The molecule has 18 heavy (non-hydrogen) atoms. The number of rotatable bonds is 3. The average Bonchev–Trinajstić information content (AvgIpc) is 2.39. The van der Waals surface area contributed by atoms with Gasteiger partial charge in [-0.15, -0.1) is 0 Å². The van der Waals surface area contributed by atoms with E-state index in [1.807, 2.05) is 6.07 Å². The highest BCUT2D eigenvalue weighted by Gasteiger charge is 2.19. The van der Waals surface area contributed by atoms with E-state index in [2.05, 4.69) is 63.2 Å². The molecular weight excluding hydrogens is 218 g/mol. The highest BCUT2D eigenvalue weighted by atomic mass is 14.7. The Morgan fingerprint density at radius 2 is 1.72 bits per heavy atom. The molecule has 2 N–H and O–H groups in total. The van der Waals surface area contributed by atoms with Crippen molar-refractivity contribution in [3.05, 3.63) is 59.7 Å². The Bertz CT molecular complexity index is 527. The van der Waals surface area contributed by atoms with Gasteiger partial charge in [-0.25, -0.2) is 0 Å². The Morgan fingerprint density at radius 1 is 1.06 bits per heavy atom. The molecule has 0 aromatic heterocycles. The molecule has 2 rings (SSSR count). The van der Waals surface area contributed by atoms with Gasteiger partial charge >= 0.3 is 0 Å².